The maximum Gasteiger partial charge on any atom is 0.267 e. The first-order chi connectivity index (χ1) is 14.6. The molecule has 150 valence electrons. The van der Waals surface area contributed by atoms with E-state index in [1.165, 1.54) is 15.0 Å². The number of rotatable bonds is 6. The van der Waals surface area contributed by atoms with Crippen molar-refractivity contribution in [1.82, 2.24) is 19.3 Å². The Morgan fingerprint density at radius 3 is 2.70 bits per heavy atom. The highest BCUT2D eigenvalue weighted by molar-refractivity contribution is 5.96. The van der Waals surface area contributed by atoms with Gasteiger partial charge in [-0.1, -0.05) is 42.5 Å². The summed E-state index contributed by atoms with van der Waals surface area (Å²) in [6, 6.07) is 16.6. The van der Waals surface area contributed by atoms with Crippen LogP contribution in [0, 0.1) is 5.41 Å². The molecule has 0 bridgehead atoms. The van der Waals surface area contributed by atoms with Crippen LogP contribution in [0.15, 0.2) is 78.2 Å². The van der Waals surface area contributed by atoms with Gasteiger partial charge in [-0.2, -0.15) is 0 Å². The van der Waals surface area contributed by atoms with Crippen molar-refractivity contribution in [3.63, 3.8) is 0 Å². The highest BCUT2D eigenvalue weighted by Gasteiger charge is 2.16. The summed E-state index contributed by atoms with van der Waals surface area (Å²) in [6.07, 6.45) is 3.92. The summed E-state index contributed by atoms with van der Waals surface area (Å²) in [4.78, 5) is 30.4. The molecule has 0 aliphatic rings. The van der Waals surface area contributed by atoms with E-state index in [2.05, 4.69) is 16.9 Å². The Labute approximate surface area is 172 Å². The first kappa shape index (κ1) is 19.3. The monoisotopic (exact) mass is 399 g/mol. The van der Waals surface area contributed by atoms with Crippen LogP contribution in [0.1, 0.15) is 15.9 Å². The third kappa shape index (κ3) is 3.53. The number of hydrogen-bond acceptors (Lipinski definition) is 4. The van der Waals surface area contributed by atoms with Gasteiger partial charge in [0, 0.05) is 19.3 Å². The van der Waals surface area contributed by atoms with Crippen LogP contribution in [0.3, 0.4) is 0 Å². The van der Waals surface area contributed by atoms with E-state index in [1.54, 1.807) is 30.5 Å². The molecular weight excluding hydrogens is 378 g/mol. The van der Waals surface area contributed by atoms with Crippen LogP contribution in [0.2, 0.25) is 0 Å². The van der Waals surface area contributed by atoms with Gasteiger partial charge in [0.2, 0.25) is 0 Å². The molecule has 4 aromatic rings. The molecule has 3 heterocycles. The molecule has 0 atom stereocenters. The van der Waals surface area contributed by atoms with Crippen molar-refractivity contribution in [2.75, 3.05) is 6.54 Å². The third-order valence-electron chi connectivity index (χ3n) is 4.92. The number of pyridine rings is 2. The van der Waals surface area contributed by atoms with E-state index < -0.39 is 5.91 Å². The SMILES string of the molecule is C=CCn1c(=N)c(C(=O)NCCc2ccccc2)cc2c(=O)n3ccccc3nc21. The minimum Gasteiger partial charge on any atom is -0.352 e. The number of fused-ring (bicyclic) bond motifs is 2. The van der Waals surface area contributed by atoms with Crippen LogP contribution in [0.25, 0.3) is 16.7 Å². The molecule has 7 heteroatoms. The van der Waals surface area contributed by atoms with Crippen LogP contribution >= 0.6 is 0 Å². The van der Waals surface area contributed by atoms with Gasteiger partial charge in [0.1, 0.15) is 16.8 Å². The highest BCUT2D eigenvalue weighted by Crippen LogP contribution is 2.10. The van der Waals surface area contributed by atoms with Crippen molar-refractivity contribution < 1.29 is 4.79 Å². The highest BCUT2D eigenvalue weighted by atomic mass is 16.1. The van der Waals surface area contributed by atoms with E-state index in [-0.39, 0.29) is 28.5 Å². The number of nitrogens with one attached hydrogen (secondary N) is 2. The zero-order valence-electron chi connectivity index (χ0n) is 16.3. The van der Waals surface area contributed by atoms with Crippen molar-refractivity contribution in [3.05, 3.63) is 100 Å². The maximum atomic E-state index is 13.0. The van der Waals surface area contributed by atoms with Gasteiger partial charge in [0.05, 0.1) is 10.9 Å². The van der Waals surface area contributed by atoms with Gasteiger partial charge in [-0.25, -0.2) is 4.98 Å². The summed E-state index contributed by atoms with van der Waals surface area (Å²) in [6.45, 7) is 4.42. The van der Waals surface area contributed by atoms with Gasteiger partial charge >= 0.3 is 0 Å². The zero-order chi connectivity index (χ0) is 21.1. The average molecular weight is 399 g/mol. The van der Waals surface area contributed by atoms with Crippen LogP contribution in [0.4, 0.5) is 0 Å². The molecule has 4 rings (SSSR count). The van der Waals surface area contributed by atoms with E-state index >= 15 is 0 Å². The van der Waals surface area contributed by atoms with Crippen LogP contribution < -0.4 is 16.4 Å². The third-order valence-corrected chi connectivity index (χ3v) is 4.92. The summed E-state index contributed by atoms with van der Waals surface area (Å²) >= 11 is 0. The van der Waals surface area contributed by atoms with E-state index in [9.17, 15) is 9.59 Å². The number of benzene rings is 1. The number of hydrogen-bond donors (Lipinski definition) is 2. The lowest BCUT2D eigenvalue weighted by molar-refractivity contribution is 0.0952. The Morgan fingerprint density at radius 2 is 1.93 bits per heavy atom. The van der Waals surface area contributed by atoms with Gasteiger partial charge in [-0.15, -0.1) is 6.58 Å². The predicted molar refractivity (Wildman–Crippen MR) is 115 cm³/mol. The maximum absolute atomic E-state index is 13.0. The van der Waals surface area contributed by atoms with Gasteiger partial charge in [0.15, 0.2) is 0 Å². The molecule has 0 aliphatic carbocycles. The Hall–Kier alpha value is -4.00. The Bertz CT molecular complexity index is 1370. The number of nitrogens with zero attached hydrogens (tertiary/aromatic N) is 3. The van der Waals surface area contributed by atoms with Crippen molar-refractivity contribution in [3.8, 4) is 0 Å². The van der Waals surface area contributed by atoms with Gasteiger partial charge in [-0.3, -0.25) is 19.4 Å². The first-order valence-corrected chi connectivity index (χ1v) is 9.62. The standard InChI is InChI=1S/C23H21N5O2/c1-2-13-28-20(24)17(22(29)25-12-11-16-8-4-3-5-9-16)15-18-21(28)26-19-10-6-7-14-27(19)23(18)30/h2-10,14-15,24H,1,11-13H2,(H,25,29). The molecule has 30 heavy (non-hydrogen) atoms. The fourth-order valence-corrected chi connectivity index (χ4v) is 3.43. The summed E-state index contributed by atoms with van der Waals surface area (Å²) in [5.74, 6) is -0.395. The second-order valence-corrected chi connectivity index (χ2v) is 6.88. The van der Waals surface area contributed by atoms with Gasteiger partial charge < -0.3 is 9.88 Å². The topological polar surface area (TPSA) is 92.2 Å². The zero-order valence-corrected chi connectivity index (χ0v) is 16.3. The first-order valence-electron chi connectivity index (χ1n) is 9.62. The average Bonchev–Trinajstić information content (AvgIpc) is 2.77. The lowest BCUT2D eigenvalue weighted by Gasteiger charge is -2.13. The number of carbonyl (C=O) groups is 1. The van der Waals surface area contributed by atoms with Crippen molar-refractivity contribution >= 4 is 22.6 Å². The Morgan fingerprint density at radius 1 is 1.17 bits per heavy atom. The van der Waals surface area contributed by atoms with E-state index in [1.807, 2.05) is 30.3 Å². The lowest BCUT2D eigenvalue weighted by atomic mass is 10.1. The van der Waals surface area contributed by atoms with Crippen LogP contribution in [0.5, 0.6) is 0 Å². The summed E-state index contributed by atoms with van der Waals surface area (Å²) in [5, 5.41) is 11.7. The molecule has 0 spiro atoms. The van der Waals surface area contributed by atoms with E-state index in [0.29, 0.717) is 24.3 Å². The Balaban J connectivity index is 1.76. The van der Waals surface area contributed by atoms with Crippen molar-refractivity contribution in [1.29, 1.82) is 5.41 Å². The van der Waals surface area contributed by atoms with E-state index in [4.69, 9.17) is 5.41 Å². The second-order valence-electron chi connectivity index (χ2n) is 6.88. The van der Waals surface area contributed by atoms with Crippen LogP contribution in [-0.4, -0.2) is 26.4 Å². The Kier molecular flexibility index (Phi) is 5.26. The molecule has 1 aromatic carbocycles. The van der Waals surface area contributed by atoms with Gasteiger partial charge in [-0.05, 0) is 30.2 Å². The molecule has 0 radical (unpaired) electrons. The molecule has 0 unspecified atom stereocenters. The predicted octanol–water partition coefficient (Wildman–Crippen LogP) is 2.29. The van der Waals surface area contributed by atoms with Crippen molar-refractivity contribution in [2.24, 2.45) is 0 Å². The number of carbonyl (C=O) groups excluding carboxylic acids is 1. The number of allylic oxidation sites excluding steroid dienone is 1. The minimum absolute atomic E-state index is 0.00760. The second kappa shape index (κ2) is 8.16. The normalized spacial score (nSPS) is 10.9. The van der Waals surface area contributed by atoms with Crippen molar-refractivity contribution in [2.45, 2.75) is 13.0 Å². The summed E-state index contributed by atoms with van der Waals surface area (Å²) in [7, 11) is 0. The molecule has 0 saturated heterocycles. The molecule has 7 nitrogen and oxygen atoms in total. The van der Waals surface area contributed by atoms with E-state index in [0.717, 1.165) is 5.56 Å². The lowest BCUT2D eigenvalue weighted by Crippen LogP contribution is -2.35. The molecule has 0 fully saturated rings. The fourth-order valence-electron chi connectivity index (χ4n) is 3.43. The number of aromatic nitrogens is 3. The fraction of sp³-hybridized carbons (Fsp3) is 0.130. The number of amides is 1. The summed E-state index contributed by atoms with van der Waals surface area (Å²) < 4.78 is 2.96. The molecule has 1 amide bonds. The smallest absolute Gasteiger partial charge is 0.267 e. The van der Waals surface area contributed by atoms with Gasteiger partial charge in [0.25, 0.3) is 11.5 Å². The molecule has 0 saturated carbocycles. The largest absolute Gasteiger partial charge is 0.352 e. The summed E-state index contributed by atoms with van der Waals surface area (Å²) in [5.41, 5.74) is 1.79. The quantitative estimate of drug-likeness (QED) is 0.385. The molecule has 0 aliphatic heterocycles. The molecular formula is C23H21N5O2. The molecule has 2 N–H and O–H groups in total. The van der Waals surface area contributed by atoms with Crippen LogP contribution in [-0.2, 0) is 13.0 Å². The molecule has 3 aromatic heterocycles. The minimum atomic E-state index is -0.395.